The molecule has 0 heterocycles. The molecule has 20 heavy (non-hydrogen) atoms. The Morgan fingerprint density at radius 3 is 2.55 bits per heavy atom. The highest BCUT2D eigenvalue weighted by Crippen LogP contribution is 2.24. The van der Waals surface area contributed by atoms with E-state index >= 15 is 0 Å². The zero-order chi connectivity index (χ0) is 14.4. The molecule has 2 amide bonds. The number of benzene rings is 2. The number of nitrogens with one attached hydrogen (secondary N) is 1. The third kappa shape index (κ3) is 3.35. The Morgan fingerprint density at radius 1 is 1.20 bits per heavy atom. The Kier molecular flexibility index (Phi) is 4.34. The van der Waals surface area contributed by atoms with Crippen LogP contribution in [0.15, 0.2) is 53.6 Å². The molecule has 0 fully saturated rings. The lowest BCUT2D eigenvalue weighted by molar-refractivity contribution is 0.249. The molecule has 0 aliphatic carbocycles. The molecule has 5 heteroatoms. The standard InChI is InChI=1S/C15H15N3O2/c1-20-13-8-6-11(7-9-13)14-5-3-2-4-12(14)10-17-18-15(16)19/h2-10H,1H3,(H3,16,18,19). The smallest absolute Gasteiger partial charge is 0.332 e. The molecule has 5 nitrogen and oxygen atoms in total. The Labute approximate surface area is 117 Å². The largest absolute Gasteiger partial charge is 0.497 e. The van der Waals surface area contributed by atoms with Gasteiger partial charge in [-0.1, -0.05) is 36.4 Å². The number of hydrogen-bond donors (Lipinski definition) is 2. The number of rotatable bonds is 4. The molecule has 0 aromatic heterocycles. The van der Waals surface area contributed by atoms with Gasteiger partial charge in [0.05, 0.1) is 13.3 Å². The third-order valence-corrected chi connectivity index (χ3v) is 2.74. The predicted octanol–water partition coefficient (Wildman–Crippen LogP) is 2.36. The first-order valence-corrected chi connectivity index (χ1v) is 6.02. The van der Waals surface area contributed by atoms with E-state index in [0.29, 0.717) is 0 Å². The number of nitrogens with zero attached hydrogens (tertiary/aromatic N) is 1. The molecule has 2 rings (SSSR count). The molecule has 0 spiro atoms. The van der Waals surface area contributed by atoms with Crippen molar-refractivity contribution >= 4 is 12.2 Å². The second-order valence-corrected chi connectivity index (χ2v) is 4.05. The second-order valence-electron chi connectivity index (χ2n) is 4.05. The molecular formula is C15H15N3O2. The lowest BCUT2D eigenvalue weighted by atomic mass is 10.0. The number of carbonyl (C=O) groups excluding carboxylic acids is 1. The van der Waals surface area contributed by atoms with Gasteiger partial charge in [-0.3, -0.25) is 0 Å². The van der Waals surface area contributed by atoms with Gasteiger partial charge in [0.2, 0.25) is 0 Å². The molecule has 0 bridgehead atoms. The van der Waals surface area contributed by atoms with Crippen molar-refractivity contribution in [2.24, 2.45) is 10.8 Å². The zero-order valence-corrected chi connectivity index (χ0v) is 11.0. The summed E-state index contributed by atoms with van der Waals surface area (Å²) in [6.07, 6.45) is 1.56. The highest BCUT2D eigenvalue weighted by Gasteiger charge is 2.03. The van der Waals surface area contributed by atoms with Crippen LogP contribution in [0.2, 0.25) is 0 Å². The Hall–Kier alpha value is -2.82. The third-order valence-electron chi connectivity index (χ3n) is 2.74. The molecule has 0 radical (unpaired) electrons. The fraction of sp³-hybridized carbons (Fsp3) is 0.0667. The number of urea groups is 1. The molecular weight excluding hydrogens is 254 g/mol. The summed E-state index contributed by atoms with van der Waals surface area (Å²) in [6, 6.07) is 14.8. The zero-order valence-electron chi connectivity index (χ0n) is 11.0. The maximum atomic E-state index is 10.6. The number of nitrogens with two attached hydrogens (primary N) is 1. The van der Waals surface area contributed by atoms with Gasteiger partial charge in [0.1, 0.15) is 5.75 Å². The average molecular weight is 269 g/mol. The molecule has 0 aliphatic rings. The van der Waals surface area contributed by atoms with E-state index in [4.69, 9.17) is 10.5 Å². The fourth-order valence-corrected chi connectivity index (χ4v) is 1.81. The van der Waals surface area contributed by atoms with Crippen molar-refractivity contribution in [1.29, 1.82) is 0 Å². The molecule has 102 valence electrons. The monoisotopic (exact) mass is 269 g/mol. The van der Waals surface area contributed by atoms with Crippen LogP contribution in [0.5, 0.6) is 5.75 Å². The topological polar surface area (TPSA) is 76.7 Å². The minimum atomic E-state index is -0.692. The van der Waals surface area contributed by atoms with Gasteiger partial charge >= 0.3 is 6.03 Å². The summed E-state index contributed by atoms with van der Waals surface area (Å²) in [5, 5.41) is 3.79. The van der Waals surface area contributed by atoms with Crippen molar-refractivity contribution in [2.75, 3.05) is 7.11 Å². The van der Waals surface area contributed by atoms with Crippen molar-refractivity contribution in [1.82, 2.24) is 5.43 Å². The number of methoxy groups -OCH3 is 1. The molecule has 0 saturated heterocycles. The maximum absolute atomic E-state index is 10.6. The number of amides is 2. The number of hydrazone groups is 1. The summed E-state index contributed by atoms with van der Waals surface area (Å²) in [4.78, 5) is 10.6. The summed E-state index contributed by atoms with van der Waals surface area (Å²) in [6.45, 7) is 0. The minimum absolute atomic E-state index is 0.692. The highest BCUT2D eigenvalue weighted by molar-refractivity contribution is 5.90. The lowest BCUT2D eigenvalue weighted by Gasteiger charge is -2.07. The van der Waals surface area contributed by atoms with E-state index in [9.17, 15) is 4.79 Å². The second kappa shape index (κ2) is 6.38. The summed E-state index contributed by atoms with van der Waals surface area (Å²) in [5.41, 5.74) is 10.1. The molecule has 0 atom stereocenters. The quantitative estimate of drug-likeness (QED) is 0.660. The van der Waals surface area contributed by atoms with Gasteiger partial charge in [-0.15, -0.1) is 0 Å². The number of carbonyl (C=O) groups is 1. The first-order chi connectivity index (χ1) is 9.70. The van der Waals surface area contributed by atoms with Gasteiger partial charge in [0, 0.05) is 5.56 Å². The summed E-state index contributed by atoms with van der Waals surface area (Å²) in [5.74, 6) is 0.801. The average Bonchev–Trinajstić information content (AvgIpc) is 2.47. The molecule has 2 aromatic carbocycles. The van der Waals surface area contributed by atoms with E-state index in [1.807, 2.05) is 48.5 Å². The fourth-order valence-electron chi connectivity index (χ4n) is 1.81. The van der Waals surface area contributed by atoms with Gasteiger partial charge in [0.15, 0.2) is 0 Å². The first-order valence-electron chi connectivity index (χ1n) is 6.02. The van der Waals surface area contributed by atoms with Crippen LogP contribution >= 0.6 is 0 Å². The Bertz CT molecular complexity index is 621. The number of hydrogen-bond acceptors (Lipinski definition) is 3. The Morgan fingerprint density at radius 2 is 1.90 bits per heavy atom. The minimum Gasteiger partial charge on any atom is -0.497 e. The summed E-state index contributed by atoms with van der Waals surface area (Å²) >= 11 is 0. The van der Waals surface area contributed by atoms with Crippen molar-refractivity contribution in [2.45, 2.75) is 0 Å². The van der Waals surface area contributed by atoms with Crippen LogP contribution < -0.4 is 15.9 Å². The SMILES string of the molecule is COc1ccc(-c2ccccc2C=NNC(N)=O)cc1. The van der Waals surface area contributed by atoms with E-state index in [1.54, 1.807) is 13.3 Å². The van der Waals surface area contributed by atoms with Gasteiger partial charge < -0.3 is 10.5 Å². The normalized spacial score (nSPS) is 10.4. The highest BCUT2D eigenvalue weighted by atomic mass is 16.5. The van der Waals surface area contributed by atoms with Gasteiger partial charge in [-0.25, -0.2) is 10.2 Å². The van der Waals surface area contributed by atoms with Crippen LogP contribution in [0.25, 0.3) is 11.1 Å². The van der Waals surface area contributed by atoms with E-state index in [2.05, 4.69) is 10.5 Å². The van der Waals surface area contributed by atoms with E-state index in [0.717, 1.165) is 22.4 Å². The van der Waals surface area contributed by atoms with Crippen LogP contribution in [-0.2, 0) is 0 Å². The van der Waals surface area contributed by atoms with E-state index < -0.39 is 6.03 Å². The van der Waals surface area contributed by atoms with Crippen LogP contribution in [0.4, 0.5) is 4.79 Å². The van der Waals surface area contributed by atoms with Gasteiger partial charge in [-0.05, 0) is 23.3 Å². The van der Waals surface area contributed by atoms with Crippen molar-refractivity contribution < 1.29 is 9.53 Å². The molecule has 0 aliphatic heterocycles. The first kappa shape index (κ1) is 13.6. The predicted molar refractivity (Wildman–Crippen MR) is 78.7 cm³/mol. The van der Waals surface area contributed by atoms with Gasteiger partial charge in [0.25, 0.3) is 0 Å². The van der Waals surface area contributed by atoms with Crippen LogP contribution in [0.1, 0.15) is 5.56 Å². The lowest BCUT2D eigenvalue weighted by Crippen LogP contribution is -2.24. The molecule has 3 N–H and O–H groups in total. The van der Waals surface area contributed by atoms with E-state index in [1.165, 1.54) is 0 Å². The summed E-state index contributed by atoms with van der Waals surface area (Å²) < 4.78 is 5.14. The molecule has 2 aromatic rings. The summed E-state index contributed by atoms with van der Waals surface area (Å²) in [7, 11) is 1.63. The molecule has 0 saturated carbocycles. The number of primary amides is 1. The van der Waals surface area contributed by atoms with Crippen molar-refractivity contribution in [3.63, 3.8) is 0 Å². The molecule has 0 unspecified atom stereocenters. The van der Waals surface area contributed by atoms with Crippen LogP contribution in [0.3, 0.4) is 0 Å². The Balaban J connectivity index is 2.31. The van der Waals surface area contributed by atoms with Crippen LogP contribution in [0, 0.1) is 0 Å². The number of ether oxygens (including phenoxy) is 1. The van der Waals surface area contributed by atoms with Crippen LogP contribution in [-0.4, -0.2) is 19.4 Å². The van der Waals surface area contributed by atoms with Crippen molar-refractivity contribution in [3.05, 3.63) is 54.1 Å². The van der Waals surface area contributed by atoms with E-state index in [-0.39, 0.29) is 0 Å². The van der Waals surface area contributed by atoms with Crippen molar-refractivity contribution in [3.8, 4) is 16.9 Å². The van der Waals surface area contributed by atoms with Gasteiger partial charge in [-0.2, -0.15) is 5.10 Å². The maximum Gasteiger partial charge on any atom is 0.332 e.